The molecule has 1 aliphatic heterocycles. The summed E-state index contributed by atoms with van der Waals surface area (Å²) in [5.41, 5.74) is 2.59. The second-order valence-corrected chi connectivity index (χ2v) is 6.29. The molecule has 96 valence electrons. The molecule has 0 bridgehead atoms. The molecule has 1 N–H and O–H groups in total. The van der Waals surface area contributed by atoms with Gasteiger partial charge in [0, 0.05) is 6.42 Å². The van der Waals surface area contributed by atoms with Crippen molar-refractivity contribution in [1.82, 2.24) is 10.3 Å². The fourth-order valence-electron chi connectivity index (χ4n) is 2.67. The molecule has 0 spiro atoms. The van der Waals surface area contributed by atoms with Crippen molar-refractivity contribution < 1.29 is 0 Å². The highest BCUT2D eigenvalue weighted by Crippen LogP contribution is 2.26. The predicted molar refractivity (Wildman–Crippen MR) is 78.3 cm³/mol. The van der Waals surface area contributed by atoms with E-state index in [9.17, 15) is 0 Å². The van der Waals surface area contributed by atoms with E-state index in [4.69, 9.17) is 4.98 Å². The first-order valence-electron chi connectivity index (χ1n) is 6.94. The van der Waals surface area contributed by atoms with Gasteiger partial charge in [-0.05, 0) is 56.0 Å². The molecular formula is C15H20N2S. The van der Waals surface area contributed by atoms with Crippen LogP contribution in [0.5, 0.6) is 0 Å². The maximum atomic E-state index is 4.77. The molecule has 3 heteroatoms. The first-order valence-corrected chi connectivity index (χ1v) is 7.76. The van der Waals surface area contributed by atoms with E-state index in [0.29, 0.717) is 0 Å². The third-order valence-electron chi connectivity index (χ3n) is 3.77. The van der Waals surface area contributed by atoms with Crippen LogP contribution in [0.2, 0.25) is 0 Å². The van der Waals surface area contributed by atoms with Gasteiger partial charge in [-0.3, -0.25) is 0 Å². The van der Waals surface area contributed by atoms with Crippen molar-refractivity contribution in [2.75, 3.05) is 13.1 Å². The van der Waals surface area contributed by atoms with Crippen LogP contribution in [-0.4, -0.2) is 18.1 Å². The van der Waals surface area contributed by atoms with Crippen molar-refractivity contribution in [2.24, 2.45) is 5.92 Å². The average molecular weight is 260 g/mol. The van der Waals surface area contributed by atoms with Gasteiger partial charge in [0.25, 0.3) is 0 Å². The molecule has 1 fully saturated rings. The Morgan fingerprint density at radius 3 is 3.17 bits per heavy atom. The number of rotatable bonds is 3. The van der Waals surface area contributed by atoms with E-state index in [1.54, 1.807) is 0 Å². The average Bonchev–Trinajstić information content (AvgIpc) is 2.80. The first-order chi connectivity index (χ1) is 8.85. The zero-order chi connectivity index (χ0) is 12.4. The number of nitrogens with one attached hydrogen (secondary N) is 1. The highest BCUT2D eigenvalue weighted by molar-refractivity contribution is 7.18. The van der Waals surface area contributed by atoms with Gasteiger partial charge in [-0.1, -0.05) is 13.0 Å². The standard InChI is InChI=1S/C15H20N2S/c1-2-11-5-6-13-14(8-11)18-15(17-13)9-12-4-3-7-16-10-12/h5-6,8,12,16H,2-4,7,9-10H2,1H3. The van der Waals surface area contributed by atoms with Gasteiger partial charge in [-0.25, -0.2) is 4.98 Å². The molecule has 0 saturated carbocycles. The van der Waals surface area contributed by atoms with Gasteiger partial charge in [0.2, 0.25) is 0 Å². The summed E-state index contributed by atoms with van der Waals surface area (Å²) in [5, 5.41) is 4.80. The Balaban J connectivity index is 1.79. The third-order valence-corrected chi connectivity index (χ3v) is 4.81. The summed E-state index contributed by atoms with van der Waals surface area (Å²) < 4.78 is 1.35. The number of hydrogen-bond acceptors (Lipinski definition) is 3. The van der Waals surface area contributed by atoms with Crippen molar-refractivity contribution in [3.8, 4) is 0 Å². The maximum Gasteiger partial charge on any atom is 0.0941 e. The number of thiazole rings is 1. The Morgan fingerprint density at radius 2 is 2.39 bits per heavy atom. The number of piperidine rings is 1. The number of aromatic nitrogens is 1. The van der Waals surface area contributed by atoms with Crippen molar-refractivity contribution in [2.45, 2.75) is 32.6 Å². The summed E-state index contributed by atoms with van der Waals surface area (Å²) in [4.78, 5) is 4.77. The second kappa shape index (κ2) is 5.37. The quantitative estimate of drug-likeness (QED) is 0.915. The first kappa shape index (κ1) is 12.1. The molecule has 18 heavy (non-hydrogen) atoms. The van der Waals surface area contributed by atoms with Crippen molar-refractivity contribution in [1.29, 1.82) is 0 Å². The van der Waals surface area contributed by atoms with Crippen molar-refractivity contribution >= 4 is 21.6 Å². The zero-order valence-corrected chi connectivity index (χ0v) is 11.7. The number of nitrogens with zero attached hydrogens (tertiary/aromatic N) is 1. The van der Waals surface area contributed by atoms with Gasteiger partial charge in [0.15, 0.2) is 0 Å². The summed E-state index contributed by atoms with van der Waals surface area (Å²) in [6.45, 7) is 4.56. The molecule has 1 saturated heterocycles. The molecule has 0 aliphatic carbocycles. The van der Waals surface area contributed by atoms with Gasteiger partial charge >= 0.3 is 0 Å². The lowest BCUT2D eigenvalue weighted by molar-refractivity contribution is 0.376. The van der Waals surface area contributed by atoms with Crippen LogP contribution in [0.15, 0.2) is 18.2 Å². The normalized spacial score (nSPS) is 20.4. The molecule has 2 aromatic rings. The Kier molecular flexibility index (Phi) is 3.62. The summed E-state index contributed by atoms with van der Waals surface area (Å²) in [6, 6.07) is 6.68. The number of fused-ring (bicyclic) bond motifs is 1. The summed E-state index contributed by atoms with van der Waals surface area (Å²) >= 11 is 1.88. The summed E-state index contributed by atoms with van der Waals surface area (Å²) in [5.74, 6) is 0.782. The number of aryl methyl sites for hydroxylation is 1. The highest BCUT2D eigenvalue weighted by atomic mass is 32.1. The molecule has 1 aromatic carbocycles. The van der Waals surface area contributed by atoms with E-state index in [1.165, 1.54) is 40.2 Å². The fraction of sp³-hybridized carbons (Fsp3) is 0.533. The largest absolute Gasteiger partial charge is 0.316 e. The van der Waals surface area contributed by atoms with E-state index in [2.05, 4.69) is 30.4 Å². The third kappa shape index (κ3) is 2.57. The van der Waals surface area contributed by atoms with E-state index in [1.807, 2.05) is 11.3 Å². The van der Waals surface area contributed by atoms with Crippen LogP contribution in [0.25, 0.3) is 10.2 Å². The fourth-order valence-corrected chi connectivity index (χ4v) is 3.81. The van der Waals surface area contributed by atoms with Crippen LogP contribution in [0, 0.1) is 5.92 Å². The van der Waals surface area contributed by atoms with E-state index in [0.717, 1.165) is 25.3 Å². The minimum Gasteiger partial charge on any atom is -0.316 e. The van der Waals surface area contributed by atoms with Crippen LogP contribution >= 0.6 is 11.3 Å². The monoisotopic (exact) mass is 260 g/mol. The van der Waals surface area contributed by atoms with Crippen LogP contribution in [0.1, 0.15) is 30.3 Å². The molecule has 1 aliphatic rings. The minimum absolute atomic E-state index is 0.782. The molecule has 3 rings (SSSR count). The highest BCUT2D eigenvalue weighted by Gasteiger charge is 2.15. The predicted octanol–water partition coefficient (Wildman–Crippen LogP) is 3.40. The van der Waals surface area contributed by atoms with Crippen LogP contribution < -0.4 is 5.32 Å². The van der Waals surface area contributed by atoms with Gasteiger partial charge in [-0.2, -0.15) is 0 Å². The van der Waals surface area contributed by atoms with Crippen molar-refractivity contribution in [3.63, 3.8) is 0 Å². The lowest BCUT2D eigenvalue weighted by Gasteiger charge is -2.21. The van der Waals surface area contributed by atoms with Crippen molar-refractivity contribution in [3.05, 3.63) is 28.8 Å². The number of benzene rings is 1. The van der Waals surface area contributed by atoms with Crippen LogP contribution in [-0.2, 0) is 12.8 Å². The lowest BCUT2D eigenvalue weighted by Crippen LogP contribution is -2.30. The summed E-state index contributed by atoms with van der Waals surface area (Å²) in [6.07, 6.45) is 4.92. The van der Waals surface area contributed by atoms with E-state index >= 15 is 0 Å². The smallest absolute Gasteiger partial charge is 0.0941 e. The molecule has 2 nitrogen and oxygen atoms in total. The SMILES string of the molecule is CCc1ccc2nc(CC3CCCNC3)sc2c1. The Hall–Kier alpha value is -0.930. The molecule has 1 aromatic heterocycles. The van der Waals surface area contributed by atoms with Gasteiger partial charge in [-0.15, -0.1) is 11.3 Å². The van der Waals surface area contributed by atoms with Gasteiger partial charge in [0.1, 0.15) is 0 Å². The van der Waals surface area contributed by atoms with E-state index < -0.39 is 0 Å². The van der Waals surface area contributed by atoms with Gasteiger partial charge in [0.05, 0.1) is 15.2 Å². The van der Waals surface area contributed by atoms with Crippen LogP contribution in [0.3, 0.4) is 0 Å². The Bertz CT molecular complexity index is 526. The Labute approximate surface area is 112 Å². The molecule has 0 amide bonds. The molecule has 2 heterocycles. The zero-order valence-electron chi connectivity index (χ0n) is 10.9. The topological polar surface area (TPSA) is 24.9 Å². The molecular weight excluding hydrogens is 240 g/mol. The minimum atomic E-state index is 0.782. The molecule has 1 atom stereocenters. The maximum absolute atomic E-state index is 4.77. The summed E-state index contributed by atoms with van der Waals surface area (Å²) in [7, 11) is 0. The van der Waals surface area contributed by atoms with Crippen LogP contribution in [0.4, 0.5) is 0 Å². The van der Waals surface area contributed by atoms with E-state index in [-0.39, 0.29) is 0 Å². The van der Waals surface area contributed by atoms with Gasteiger partial charge < -0.3 is 5.32 Å². The molecule has 0 radical (unpaired) electrons. The number of hydrogen-bond donors (Lipinski definition) is 1. The lowest BCUT2D eigenvalue weighted by atomic mass is 9.97. The second-order valence-electron chi connectivity index (χ2n) is 5.18. The molecule has 1 unspecified atom stereocenters. The Morgan fingerprint density at radius 1 is 1.44 bits per heavy atom.